The molecule has 0 unspecified atom stereocenters. The van der Waals surface area contributed by atoms with Crippen LogP contribution in [-0.4, -0.2) is 11.1 Å². The van der Waals surface area contributed by atoms with Crippen molar-refractivity contribution in [2.24, 2.45) is 0 Å². The average Bonchev–Trinajstić information content (AvgIpc) is 2.93. The van der Waals surface area contributed by atoms with Crippen LogP contribution in [0.5, 0.6) is 11.5 Å². The number of fused-ring (bicyclic) bond motifs is 1. The first-order valence-corrected chi connectivity index (χ1v) is 8.45. The second-order valence-electron chi connectivity index (χ2n) is 6.60. The number of hydrogen-bond acceptors (Lipinski definition) is 3. The molecule has 0 aliphatic carbocycles. The number of halogens is 1. The minimum Gasteiger partial charge on any atom is -0.488 e. The van der Waals surface area contributed by atoms with Crippen molar-refractivity contribution in [3.63, 3.8) is 0 Å². The Kier molecular flexibility index (Phi) is 4.98. The number of aliphatic carboxylic acids is 1. The molecule has 3 rings (SSSR count). The third kappa shape index (κ3) is 3.87. The molecule has 0 bridgehead atoms. The summed E-state index contributed by atoms with van der Waals surface area (Å²) in [4.78, 5) is 10.8. The van der Waals surface area contributed by atoms with E-state index in [2.05, 4.69) is 6.58 Å². The molecule has 5 heteroatoms. The average molecular weight is 356 g/mol. The summed E-state index contributed by atoms with van der Waals surface area (Å²) in [6.45, 7) is 7.82. The van der Waals surface area contributed by atoms with Crippen molar-refractivity contribution in [2.45, 2.75) is 39.7 Å². The minimum atomic E-state index is -0.816. The van der Waals surface area contributed by atoms with Crippen LogP contribution in [0.1, 0.15) is 34.2 Å². The van der Waals surface area contributed by atoms with Gasteiger partial charge >= 0.3 is 5.97 Å². The number of carbonyl (C=O) groups is 1. The SMILES string of the molecule is C=C1Cc2cc(F)cc(COc3cc(C)c(CCC(=O)O)cc3C)c2O1. The lowest BCUT2D eigenvalue weighted by molar-refractivity contribution is -0.136. The van der Waals surface area contributed by atoms with Gasteiger partial charge in [0.2, 0.25) is 0 Å². The monoisotopic (exact) mass is 356 g/mol. The number of hydrogen-bond donors (Lipinski definition) is 1. The van der Waals surface area contributed by atoms with Crippen LogP contribution >= 0.6 is 0 Å². The van der Waals surface area contributed by atoms with Gasteiger partial charge in [0.1, 0.15) is 29.7 Å². The number of carboxylic acids is 1. The molecule has 1 aliphatic heterocycles. The molecule has 1 heterocycles. The van der Waals surface area contributed by atoms with Crippen LogP contribution in [0.2, 0.25) is 0 Å². The van der Waals surface area contributed by atoms with Crippen molar-refractivity contribution in [1.82, 2.24) is 0 Å². The second kappa shape index (κ2) is 7.20. The van der Waals surface area contributed by atoms with Crippen molar-refractivity contribution < 1.29 is 23.8 Å². The highest BCUT2D eigenvalue weighted by atomic mass is 19.1. The van der Waals surface area contributed by atoms with Gasteiger partial charge in [-0.25, -0.2) is 4.39 Å². The third-order valence-corrected chi connectivity index (χ3v) is 4.47. The number of ether oxygens (including phenoxy) is 2. The molecule has 4 nitrogen and oxygen atoms in total. The van der Waals surface area contributed by atoms with Gasteiger partial charge in [0, 0.05) is 24.0 Å². The fourth-order valence-corrected chi connectivity index (χ4v) is 3.15. The number of rotatable bonds is 6. The van der Waals surface area contributed by atoms with Gasteiger partial charge in [0.05, 0.1) is 0 Å². The largest absolute Gasteiger partial charge is 0.488 e. The van der Waals surface area contributed by atoms with Crippen LogP contribution < -0.4 is 9.47 Å². The molecule has 2 aromatic carbocycles. The number of benzene rings is 2. The third-order valence-electron chi connectivity index (χ3n) is 4.47. The maximum atomic E-state index is 13.8. The first kappa shape index (κ1) is 18.0. The van der Waals surface area contributed by atoms with Crippen LogP contribution in [0.25, 0.3) is 0 Å². The molecule has 0 saturated heterocycles. The predicted molar refractivity (Wildman–Crippen MR) is 96.1 cm³/mol. The maximum Gasteiger partial charge on any atom is 0.303 e. The van der Waals surface area contributed by atoms with Crippen LogP contribution in [0, 0.1) is 19.7 Å². The van der Waals surface area contributed by atoms with Gasteiger partial charge in [-0.1, -0.05) is 12.6 Å². The number of carboxylic acid groups (broad SMARTS) is 1. The Bertz CT molecular complexity index is 886. The highest BCUT2D eigenvalue weighted by Crippen LogP contribution is 2.35. The Hall–Kier alpha value is -2.82. The fourth-order valence-electron chi connectivity index (χ4n) is 3.15. The maximum absolute atomic E-state index is 13.8. The molecule has 0 atom stereocenters. The van der Waals surface area contributed by atoms with E-state index in [9.17, 15) is 9.18 Å². The van der Waals surface area contributed by atoms with Crippen molar-refractivity contribution in [2.75, 3.05) is 0 Å². The summed E-state index contributed by atoms with van der Waals surface area (Å²) in [5, 5.41) is 8.84. The van der Waals surface area contributed by atoms with Crippen molar-refractivity contribution in [3.8, 4) is 11.5 Å². The number of aryl methyl sites for hydroxylation is 3. The summed E-state index contributed by atoms with van der Waals surface area (Å²) in [7, 11) is 0. The molecule has 0 amide bonds. The van der Waals surface area contributed by atoms with Gasteiger partial charge in [-0.3, -0.25) is 4.79 Å². The van der Waals surface area contributed by atoms with Crippen LogP contribution in [0.4, 0.5) is 4.39 Å². The van der Waals surface area contributed by atoms with E-state index in [1.807, 2.05) is 26.0 Å². The molecular weight excluding hydrogens is 335 g/mol. The second-order valence-corrected chi connectivity index (χ2v) is 6.60. The topological polar surface area (TPSA) is 55.8 Å². The molecule has 0 aromatic heterocycles. The van der Waals surface area contributed by atoms with E-state index in [1.165, 1.54) is 12.1 Å². The smallest absolute Gasteiger partial charge is 0.303 e. The summed E-state index contributed by atoms with van der Waals surface area (Å²) in [6, 6.07) is 6.72. The zero-order chi connectivity index (χ0) is 18.8. The van der Waals surface area contributed by atoms with E-state index in [4.69, 9.17) is 14.6 Å². The zero-order valence-corrected chi connectivity index (χ0v) is 14.9. The lowest BCUT2D eigenvalue weighted by Gasteiger charge is -2.14. The molecule has 0 spiro atoms. The summed E-state index contributed by atoms with van der Waals surface area (Å²) >= 11 is 0. The van der Waals surface area contributed by atoms with Gasteiger partial charge < -0.3 is 14.6 Å². The number of allylic oxidation sites excluding steroid dienone is 1. The molecule has 0 radical (unpaired) electrons. The predicted octanol–water partition coefficient (Wildman–Crippen LogP) is 4.49. The van der Waals surface area contributed by atoms with Gasteiger partial charge in [0.15, 0.2) is 0 Å². The van der Waals surface area contributed by atoms with E-state index in [1.54, 1.807) is 0 Å². The summed E-state index contributed by atoms with van der Waals surface area (Å²) in [6.07, 6.45) is 1.09. The van der Waals surface area contributed by atoms with Crippen molar-refractivity contribution in [3.05, 3.63) is 70.2 Å². The first-order chi connectivity index (χ1) is 12.3. The molecule has 2 aromatic rings. The normalized spacial score (nSPS) is 12.7. The minimum absolute atomic E-state index is 0.0944. The molecule has 0 fully saturated rings. The summed E-state index contributed by atoms with van der Waals surface area (Å²) < 4.78 is 25.4. The van der Waals surface area contributed by atoms with Crippen LogP contribution in [0.15, 0.2) is 36.6 Å². The van der Waals surface area contributed by atoms with Crippen molar-refractivity contribution in [1.29, 1.82) is 0 Å². The van der Waals surface area contributed by atoms with E-state index < -0.39 is 5.97 Å². The Morgan fingerprint density at radius 3 is 2.73 bits per heavy atom. The Morgan fingerprint density at radius 1 is 1.23 bits per heavy atom. The fraction of sp³-hybridized carbons (Fsp3) is 0.286. The van der Waals surface area contributed by atoms with E-state index >= 15 is 0 Å². The van der Waals surface area contributed by atoms with Crippen molar-refractivity contribution >= 4 is 5.97 Å². The Morgan fingerprint density at radius 2 is 2.00 bits per heavy atom. The van der Waals surface area contributed by atoms with Crippen LogP contribution in [-0.2, 0) is 24.2 Å². The highest BCUT2D eigenvalue weighted by molar-refractivity contribution is 5.67. The molecule has 1 aliphatic rings. The van der Waals surface area contributed by atoms with E-state index in [0.29, 0.717) is 35.7 Å². The van der Waals surface area contributed by atoms with Gasteiger partial charge in [0.25, 0.3) is 0 Å². The Labute approximate surface area is 151 Å². The Balaban J connectivity index is 1.78. The van der Waals surface area contributed by atoms with Gasteiger partial charge in [-0.05, 0) is 55.2 Å². The summed E-state index contributed by atoms with van der Waals surface area (Å²) in [5.74, 6) is 0.781. The molecular formula is C21H21FO4. The summed E-state index contributed by atoms with van der Waals surface area (Å²) in [5.41, 5.74) is 4.30. The lowest BCUT2D eigenvalue weighted by atomic mass is 10.0. The molecule has 1 N–H and O–H groups in total. The van der Waals surface area contributed by atoms with E-state index in [-0.39, 0.29) is 18.8 Å². The zero-order valence-electron chi connectivity index (χ0n) is 14.9. The lowest BCUT2D eigenvalue weighted by Crippen LogP contribution is -2.03. The van der Waals surface area contributed by atoms with Gasteiger partial charge in [-0.15, -0.1) is 0 Å². The quantitative estimate of drug-likeness (QED) is 0.829. The molecule has 0 saturated carbocycles. The molecule has 136 valence electrons. The van der Waals surface area contributed by atoms with E-state index in [0.717, 1.165) is 22.3 Å². The van der Waals surface area contributed by atoms with Gasteiger partial charge in [-0.2, -0.15) is 0 Å². The standard InChI is InChI=1S/C21H21FO4/c1-12-7-19(13(2)6-15(12)4-5-20(23)24)25-11-17-10-18(22)9-16-8-14(3)26-21(16)17/h6-7,9-10H,3-5,8,11H2,1-2H3,(H,23,24). The van der Waals surface area contributed by atoms with Crippen LogP contribution in [0.3, 0.4) is 0 Å². The molecule has 26 heavy (non-hydrogen) atoms. The first-order valence-electron chi connectivity index (χ1n) is 8.45. The highest BCUT2D eigenvalue weighted by Gasteiger charge is 2.21.